The summed E-state index contributed by atoms with van der Waals surface area (Å²) in [7, 11) is 0. The topological polar surface area (TPSA) is 40.2 Å². The van der Waals surface area contributed by atoms with Crippen LogP contribution in [0.2, 0.25) is 5.02 Å². The van der Waals surface area contributed by atoms with Crippen LogP contribution in [-0.4, -0.2) is 29.1 Å². The summed E-state index contributed by atoms with van der Waals surface area (Å²) in [5.74, 6) is -0.558. The van der Waals surface area contributed by atoms with Gasteiger partial charge in [0.15, 0.2) is 5.50 Å². The number of hydrogen-bond donors (Lipinski definition) is 1. The molecule has 0 saturated carbocycles. The highest BCUT2D eigenvalue weighted by molar-refractivity contribution is 7.99. The molecular formula is C20H18ClF2N3OS. The molecule has 2 aliphatic rings. The minimum atomic E-state index is -1.01. The fourth-order valence-electron chi connectivity index (χ4n) is 3.40. The van der Waals surface area contributed by atoms with Crippen LogP contribution in [0.25, 0.3) is 0 Å². The third-order valence-electron chi connectivity index (χ3n) is 4.73. The van der Waals surface area contributed by atoms with Gasteiger partial charge in [-0.3, -0.25) is 5.01 Å². The van der Waals surface area contributed by atoms with E-state index in [4.69, 9.17) is 16.3 Å². The third-order valence-corrected chi connectivity index (χ3v) is 6.20. The zero-order valence-corrected chi connectivity index (χ0v) is 16.4. The molecule has 2 heterocycles. The van der Waals surface area contributed by atoms with E-state index in [-0.39, 0.29) is 17.6 Å². The summed E-state index contributed by atoms with van der Waals surface area (Å²) in [5, 5.41) is 9.84. The lowest BCUT2D eigenvalue weighted by atomic mass is 9.91. The van der Waals surface area contributed by atoms with Crippen molar-refractivity contribution in [3.05, 3.63) is 82.9 Å². The zero-order chi connectivity index (χ0) is 19.7. The molecule has 4 nitrogen and oxygen atoms in total. The summed E-state index contributed by atoms with van der Waals surface area (Å²) in [5.41, 5.74) is -0.0961. The number of nitrogens with zero attached hydrogens (tertiary/aromatic N) is 2. The quantitative estimate of drug-likeness (QED) is 0.522. The molecule has 146 valence electrons. The van der Waals surface area contributed by atoms with Crippen LogP contribution < -0.4 is 5.32 Å². The molecule has 0 radical (unpaired) electrons. The van der Waals surface area contributed by atoms with E-state index in [2.05, 4.69) is 17.0 Å². The Morgan fingerprint density at radius 2 is 2.14 bits per heavy atom. The Balaban J connectivity index is 1.68. The zero-order valence-electron chi connectivity index (χ0n) is 14.8. The van der Waals surface area contributed by atoms with Crippen LogP contribution in [0.5, 0.6) is 0 Å². The van der Waals surface area contributed by atoms with E-state index >= 15 is 0 Å². The minimum Gasteiger partial charge on any atom is -0.354 e. The maximum absolute atomic E-state index is 14.7. The average molecular weight is 422 g/mol. The number of hydrazone groups is 1. The Kier molecular flexibility index (Phi) is 5.31. The molecule has 2 aliphatic heterocycles. The fourth-order valence-corrected chi connectivity index (χ4v) is 4.41. The van der Waals surface area contributed by atoms with E-state index in [0.717, 1.165) is 17.4 Å². The molecule has 1 N–H and O–H groups in total. The van der Waals surface area contributed by atoms with E-state index in [1.54, 1.807) is 35.3 Å². The van der Waals surface area contributed by atoms with Crippen molar-refractivity contribution in [1.29, 1.82) is 0 Å². The molecule has 0 aromatic heterocycles. The molecule has 0 amide bonds. The van der Waals surface area contributed by atoms with Crippen molar-refractivity contribution in [3.63, 3.8) is 0 Å². The number of hydrogen-bond acceptors (Lipinski definition) is 5. The van der Waals surface area contributed by atoms with Gasteiger partial charge in [0, 0.05) is 28.0 Å². The van der Waals surface area contributed by atoms with Crippen LogP contribution >= 0.6 is 23.4 Å². The Bertz CT molecular complexity index is 928. The number of benzene rings is 2. The van der Waals surface area contributed by atoms with Gasteiger partial charge in [0.25, 0.3) is 0 Å². The number of halogens is 3. The summed E-state index contributed by atoms with van der Waals surface area (Å²) >= 11 is 7.95. The van der Waals surface area contributed by atoms with Gasteiger partial charge in [-0.2, -0.15) is 5.10 Å². The smallest absolute Gasteiger partial charge is 0.165 e. The van der Waals surface area contributed by atoms with Gasteiger partial charge in [0.1, 0.15) is 29.7 Å². The Morgan fingerprint density at radius 1 is 1.32 bits per heavy atom. The van der Waals surface area contributed by atoms with Crippen molar-refractivity contribution in [2.45, 2.75) is 17.2 Å². The van der Waals surface area contributed by atoms with Crippen molar-refractivity contribution >= 4 is 29.7 Å². The van der Waals surface area contributed by atoms with Gasteiger partial charge in [0.2, 0.25) is 0 Å². The molecule has 0 spiro atoms. The molecule has 8 heteroatoms. The van der Waals surface area contributed by atoms with Gasteiger partial charge < -0.3 is 10.1 Å². The van der Waals surface area contributed by atoms with Crippen LogP contribution in [-0.2, 0) is 10.3 Å². The maximum Gasteiger partial charge on any atom is 0.165 e. The summed E-state index contributed by atoms with van der Waals surface area (Å²) in [6.45, 7) is 4.01. The number of thioether (sulfide) groups is 1. The molecule has 0 bridgehead atoms. The van der Waals surface area contributed by atoms with Crippen molar-refractivity contribution in [2.24, 2.45) is 5.10 Å². The standard InChI is InChI=1S/C20H18ClF2N3OS/c1-2-9-28-19-24-12-25-26(19)11-20(15-8-7-13(22)10-17(15)23)18(27-20)14-5-3-4-6-16(14)21/h2-8,10,12,18-19H,1,9,11H2,(H,24,25)/t18-,19?,20-/m0/s1. The summed E-state index contributed by atoms with van der Waals surface area (Å²) in [4.78, 5) is 0. The first-order valence-electron chi connectivity index (χ1n) is 8.70. The first-order valence-corrected chi connectivity index (χ1v) is 10.1. The highest BCUT2D eigenvalue weighted by Gasteiger charge is 2.61. The predicted molar refractivity (Wildman–Crippen MR) is 108 cm³/mol. The lowest BCUT2D eigenvalue weighted by molar-refractivity contribution is 0.184. The van der Waals surface area contributed by atoms with E-state index in [1.807, 2.05) is 18.2 Å². The second-order valence-corrected chi connectivity index (χ2v) is 8.04. The lowest BCUT2D eigenvalue weighted by Gasteiger charge is -2.26. The highest BCUT2D eigenvalue weighted by Crippen LogP contribution is 2.59. The van der Waals surface area contributed by atoms with Crippen molar-refractivity contribution in [2.75, 3.05) is 12.3 Å². The van der Waals surface area contributed by atoms with Gasteiger partial charge in [-0.15, -0.1) is 18.3 Å². The number of nitrogens with one attached hydrogen (secondary N) is 1. The highest BCUT2D eigenvalue weighted by atomic mass is 35.5. The minimum absolute atomic E-state index is 0.130. The summed E-state index contributed by atoms with van der Waals surface area (Å²) in [6, 6.07) is 10.8. The SMILES string of the molecule is C=CCSC1NC=NN1C[C@@]1(c2ccc(F)cc2F)O[C@H]1c1ccccc1Cl. The molecule has 1 fully saturated rings. The largest absolute Gasteiger partial charge is 0.354 e. The molecule has 4 rings (SSSR count). The van der Waals surface area contributed by atoms with Crippen molar-refractivity contribution in [1.82, 2.24) is 10.3 Å². The monoisotopic (exact) mass is 421 g/mol. The molecule has 2 aromatic carbocycles. The van der Waals surface area contributed by atoms with Gasteiger partial charge in [-0.25, -0.2) is 8.78 Å². The van der Waals surface area contributed by atoms with E-state index in [1.165, 1.54) is 12.1 Å². The molecular weight excluding hydrogens is 404 g/mol. The lowest BCUT2D eigenvalue weighted by Crippen LogP contribution is -2.39. The summed E-state index contributed by atoms with van der Waals surface area (Å²) < 4.78 is 34.3. The number of epoxide rings is 1. The van der Waals surface area contributed by atoms with Gasteiger partial charge in [0.05, 0.1) is 6.54 Å². The second-order valence-electron chi connectivity index (χ2n) is 6.52. The fraction of sp³-hybridized carbons (Fsp3) is 0.250. The van der Waals surface area contributed by atoms with Crippen molar-refractivity contribution in [3.8, 4) is 0 Å². The molecule has 28 heavy (non-hydrogen) atoms. The van der Waals surface area contributed by atoms with Gasteiger partial charge >= 0.3 is 0 Å². The van der Waals surface area contributed by atoms with Crippen molar-refractivity contribution < 1.29 is 13.5 Å². The Labute approximate surface area is 171 Å². The van der Waals surface area contributed by atoms with Gasteiger partial charge in [-0.05, 0) is 12.1 Å². The molecule has 3 atom stereocenters. The third kappa shape index (κ3) is 3.50. The van der Waals surface area contributed by atoms with Crippen LogP contribution in [0.3, 0.4) is 0 Å². The molecule has 2 aromatic rings. The van der Waals surface area contributed by atoms with E-state index in [9.17, 15) is 8.78 Å². The summed E-state index contributed by atoms with van der Waals surface area (Å²) in [6.07, 6.45) is 2.95. The molecule has 1 saturated heterocycles. The second kappa shape index (κ2) is 7.73. The molecule has 1 unspecified atom stereocenters. The first kappa shape index (κ1) is 19.2. The number of rotatable bonds is 7. The van der Waals surface area contributed by atoms with Crippen LogP contribution in [0.1, 0.15) is 17.2 Å². The Morgan fingerprint density at radius 3 is 2.89 bits per heavy atom. The molecule has 0 aliphatic carbocycles. The van der Waals surface area contributed by atoms with Crippen LogP contribution in [0.15, 0.2) is 60.2 Å². The van der Waals surface area contributed by atoms with E-state index in [0.29, 0.717) is 5.02 Å². The van der Waals surface area contributed by atoms with Crippen LogP contribution in [0, 0.1) is 11.6 Å². The van der Waals surface area contributed by atoms with E-state index < -0.39 is 23.3 Å². The van der Waals surface area contributed by atoms with Crippen LogP contribution in [0.4, 0.5) is 8.78 Å². The Hall–Kier alpha value is -2.09. The number of ether oxygens (including phenoxy) is 1. The average Bonchev–Trinajstić information content (AvgIpc) is 3.21. The predicted octanol–water partition coefficient (Wildman–Crippen LogP) is 4.64. The maximum atomic E-state index is 14.7. The van der Waals surface area contributed by atoms with Gasteiger partial charge in [-0.1, -0.05) is 41.9 Å². The first-order chi connectivity index (χ1) is 13.5. The normalized spacial score (nSPS) is 25.6.